The number of carboxylic acids is 1. The molecule has 0 bridgehead atoms. The van der Waals surface area contributed by atoms with Crippen molar-refractivity contribution in [3.63, 3.8) is 0 Å². The Morgan fingerprint density at radius 3 is 2.81 bits per heavy atom. The van der Waals surface area contributed by atoms with Crippen molar-refractivity contribution in [3.8, 4) is 0 Å². The number of carboxylic acid groups (broad SMARTS) is 1. The highest BCUT2D eigenvalue weighted by molar-refractivity contribution is 8.03. The summed E-state index contributed by atoms with van der Waals surface area (Å²) in [6, 6.07) is 0.366. The van der Waals surface area contributed by atoms with Crippen LogP contribution in [0, 0.1) is 11.8 Å². The molecule has 3 saturated heterocycles. The van der Waals surface area contributed by atoms with Gasteiger partial charge in [0.05, 0.1) is 18.1 Å². The van der Waals surface area contributed by atoms with Crippen molar-refractivity contribution in [3.05, 3.63) is 10.6 Å². The summed E-state index contributed by atoms with van der Waals surface area (Å²) < 4.78 is 0. The van der Waals surface area contributed by atoms with E-state index in [1.165, 1.54) is 17.7 Å². The normalized spacial score (nSPS) is 37.7. The average Bonchev–Trinajstić information content (AvgIpc) is 3.30. The van der Waals surface area contributed by atoms with Gasteiger partial charge in [-0.15, -0.1) is 11.8 Å². The number of aliphatic hydroxyl groups is 1. The Hall–Kier alpha value is -1.09. The summed E-state index contributed by atoms with van der Waals surface area (Å²) in [6.45, 7) is 7.79. The molecule has 3 N–H and O–H groups in total. The third kappa shape index (κ3) is 3.30. The predicted molar refractivity (Wildman–Crippen MR) is 103 cm³/mol. The number of hydrogen-bond donors (Lipinski definition) is 3. The predicted octanol–water partition coefficient (Wildman–Crippen LogP) is 0.700. The second kappa shape index (κ2) is 7.39. The monoisotopic (exact) mass is 395 g/mol. The minimum atomic E-state index is -1.03. The van der Waals surface area contributed by atoms with E-state index in [9.17, 15) is 19.8 Å². The Kier molecular flexibility index (Phi) is 5.26. The van der Waals surface area contributed by atoms with Gasteiger partial charge in [-0.05, 0) is 39.3 Å². The van der Waals surface area contributed by atoms with Gasteiger partial charge in [0.2, 0.25) is 5.91 Å². The molecule has 0 spiro atoms. The number of thioether (sulfide) groups is 1. The third-order valence-corrected chi connectivity index (χ3v) is 8.01. The lowest BCUT2D eigenvalue weighted by atomic mass is 9.79. The van der Waals surface area contributed by atoms with Crippen LogP contribution in [0.4, 0.5) is 0 Å². The molecule has 27 heavy (non-hydrogen) atoms. The third-order valence-electron chi connectivity index (χ3n) is 6.47. The molecule has 4 rings (SSSR count). The van der Waals surface area contributed by atoms with Crippen LogP contribution in [0.5, 0.6) is 0 Å². The van der Waals surface area contributed by atoms with E-state index in [-0.39, 0.29) is 23.6 Å². The van der Waals surface area contributed by atoms with E-state index in [0.29, 0.717) is 11.3 Å². The minimum absolute atomic E-state index is 0.0380. The maximum Gasteiger partial charge on any atom is 0.353 e. The Morgan fingerprint density at radius 2 is 2.19 bits per heavy atom. The molecular weight excluding hydrogens is 366 g/mol. The van der Waals surface area contributed by atoms with Crippen LogP contribution in [0.25, 0.3) is 0 Å². The maximum atomic E-state index is 12.4. The Balaban J connectivity index is 1.45. The molecule has 4 aliphatic heterocycles. The Labute approximate surface area is 164 Å². The van der Waals surface area contributed by atoms with Crippen molar-refractivity contribution in [1.29, 1.82) is 0 Å². The van der Waals surface area contributed by atoms with Crippen LogP contribution in [-0.2, 0) is 9.59 Å². The fourth-order valence-corrected chi connectivity index (χ4v) is 6.66. The number of nitrogens with one attached hydrogen (secondary N) is 1. The molecule has 3 fully saturated rings. The Morgan fingerprint density at radius 1 is 1.41 bits per heavy atom. The van der Waals surface area contributed by atoms with Crippen molar-refractivity contribution >= 4 is 23.6 Å². The number of amides is 1. The van der Waals surface area contributed by atoms with Crippen LogP contribution in [0.1, 0.15) is 33.1 Å². The smallest absolute Gasteiger partial charge is 0.353 e. The van der Waals surface area contributed by atoms with Crippen LogP contribution in [0.15, 0.2) is 10.6 Å². The molecule has 7 nitrogen and oxygen atoms in total. The second-order valence-corrected chi connectivity index (χ2v) is 9.70. The van der Waals surface area contributed by atoms with Crippen molar-refractivity contribution < 1.29 is 19.8 Å². The summed E-state index contributed by atoms with van der Waals surface area (Å²) in [5.41, 5.74) is 0.148. The van der Waals surface area contributed by atoms with Gasteiger partial charge in [-0.25, -0.2) is 4.79 Å². The summed E-state index contributed by atoms with van der Waals surface area (Å²) in [6.07, 6.45) is 2.78. The first-order valence-corrected chi connectivity index (χ1v) is 10.9. The van der Waals surface area contributed by atoms with Crippen LogP contribution in [-0.4, -0.2) is 81.5 Å². The van der Waals surface area contributed by atoms with Crippen LogP contribution < -0.4 is 5.32 Å². The lowest BCUT2D eigenvalue weighted by Gasteiger charge is -2.46. The number of nitrogens with zero attached hydrogens (tertiary/aromatic N) is 2. The van der Waals surface area contributed by atoms with Crippen LogP contribution in [0.2, 0.25) is 0 Å². The topological polar surface area (TPSA) is 93.1 Å². The van der Waals surface area contributed by atoms with Gasteiger partial charge in [-0.1, -0.05) is 6.92 Å². The van der Waals surface area contributed by atoms with Crippen molar-refractivity contribution in [2.24, 2.45) is 11.8 Å². The van der Waals surface area contributed by atoms with Gasteiger partial charge in [0.15, 0.2) is 0 Å². The van der Waals surface area contributed by atoms with Gasteiger partial charge in [-0.2, -0.15) is 0 Å². The fourth-order valence-electron chi connectivity index (χ4n) is 5.14. The van der Waals surface area contributed by atoms with E-state index >= 15 is 0 Å². The Bertz CT molecular complexity index is 661. The van der Waals surface area contributed by atoms with Crippen molar-refractivity contribution in [1.82, 2.24) is 15.1 Å². The average molecular weight is 396 g/mol. The number of β-lactam (4-membered cyclic amide) rings is 1. The van der Waals surface area contributed by atoms with Gasteiger partial charge < -0.3 is 25.3 Å². The number of carbonyl (C=O) groups is 2. The summed E-state index contributed by atoms with van der Waals surface area (Å²) in [4.78, 5) is 29.0. The standard InChI is InChI=1S/C19H29N3O4S/c1-10-15-14(11(2)23)18(24)22(15)16(19(25)26)17(10)27-13-5-7-21(9-13)8-12-4-3-6-20-12/h10-15,20,23H,3-9H2,1-2H3,(H,25,26)/t10-,11-,12?,13?,14-,15-/m1/s1. The van der Waals surface area contributed by atoms with Gasteiger partial charge >= 0.3 is 5.97 Å². The lowest BCUT2D eigenvalue weighted by molar-refractivity contribution is -0.163. The molecule has 0 radical (unpaired) electrons. The van der Waals surface area contributed by atoms with Gasteiger partial charge in [0.25, 0.3) is 0 Å². The molecule has 2 unspecified atom stereocenters. The molecule has 1 amide bonds. The number of aliphatic carboxylic acids is 1. The molecule has 4 heterocycles. The molecular formula is C19H29N3O4S. The number of likely N-dealkylation sites (tertiary alicyclic amines) is 1. The highest BCUT2D eigenvalue weighted by Crippen LogP contribution is 2.51. The van der Waals surface area contributed by atoms with Crippen molar-refractivity contribution in [2.45, 2.75) is 56.5 Å². The van der Waals surface area contributed by atoms with Gasteiger partial charge in [0.1, 0.15) is 5.70 Å². The molecule has 150 valence electrons. The molecule has 0 aromatic rings. The van der Waals surface area contributed by atoms with E-state index in [4.69, 9.17) is 0 Å². The zero-order valence-corrected chi connectivity index (χ0v) is 16.7. The zero-order chi connectivity index (χ0) is 19.3. The van der Waals surface area contributed by atoms with Crippen molar-refractivity contribution in [2.75, 3.05) is 26.2 Å². The molecule has 0 aromatic carbocycles. The van der Waals surface area contributed by atoms with Gasteiger partial charge in [-0.3, -0.25) is 4.79 Å². The first-order valence-electron chi connectivity index (χ1n) is 9.99. The maximum absolute atomic E-state index is 12.4. The van der Waals surface area contributed by atoms with E-state index in [1.807, 2.05) is 6.92 Å². The van der Waals surface area contributed by atoms with E-state index in [2.05, 4.69) is 10.2 Å². The fraction of sp³-hybridized carbons (Fsp3) is 0.789. The van der Waals surface area contributed by atoms with E-state index in [0.717, 1.165) is 37.5 Å². The molecule has 0 saturated carbocycles. The first-order chi connectivity index (χ1) is 12.9. The highest BCUT2D eigenvalue weighted by atomic mass is 32.2. The molecule has 0 aliphatic carbocycles. The number of hydrogen-bond acceptors (Lipinski definition) is 6. The summed E-state index contributed by atoms with van der Waals surface area (Å²) in [7, 11) is 0. The number of aliphatic hydroxyl groups excluding tert-OH is 1. The lowest BCUT2D eigenvalue weighted by Crippen LogP contribution is -2.63. The summed E-state index contributed by atoms with van der Waals surface area (Å²) >= 11 is 1.65. The van der Waals surface area contributed by atoms with E-state index < -0.39 is 18.0 Å². The zero-order valence-electron chi connectivity index (χ0n) is 15.9. The van der Waals surface area contributed by atoms with E-state index in [1.54, 1.807) is 18.7 Å². The largest absolute Gasteiger partial charge is 0.477 e. The number of carbonyl (C=O) groups excluding carboxylic acids is 1. The number of rotatable bonds is 6. The minimum Gasteiger partial charge on any atom is -0.477 e. The number of fused-ring (bicyclic) bond motifs is 1. The second-order valence-electron chi connectivity index (χ2n) is 8.35. The quantitative estimate of drug-likeness (QED) is 0.570. The SMILES string of the molecule is C[C@@H](O)[C@H]1C(=O)N2C(C(=O)O)=C(SC3CCN(CC4CCCN4)C3)[C@H](C)[C@H]12. The summed E-state index contributed by atoms with van der Waals surface area (Å²) in [5.74, 6) is -1.81. The molecule has 4 aliphatic rings. The van der Waals surface area contributed by atoms with Crippen LogP contribution >= 0.6 is 11.8 Å². The first kappa shape index (κ1) is 19.2. The molecule has 6 atom stereocenters. The van der Waals surface area contributed by atoms with Gasteiger partial charge in [0, 0.05) is 35.2 Å². The highest BCUT2D eigenvalue weighted by Gasteiger charge is 2.60. The summed E-state index contributed by atoms with van der Waals surface area (Å²) in [5, 5.41) is 23.6. The molecule has 8 heteroatoms. The molecule has 0 aromatic heterocycles. The van der Waals surface area contributed by atoms with Crippen LogP contribution in [0.3, 0.4) is 0 Å².